The highest BCUT2D eigenvalue weighted by atomic mass is 16.4. The topological polar surface area (TPSA) is 91.4 Å². The first-order valence-electron chi connectivity index (χ1n) is 6.99. The number of benzene rings is 2. The average molecular weight is 308 g/mol. The molecule has 4 rings (SSSR count). The fourth-order valence-electron chi connectivity index (χ4n) is 2.58. The van der Waals surface area contributed by atoms with Crippen LogP contribution in [0.1, 0.15) is 16.1 Å². The minimum atomic E-state index is -0.771. The first-order chi connectivity index (χ1) is 11.0. The fraction of sp³-hybridized carbons (Fsp3) is 0.0588. The fourth-order valence-corrected chi connectivity index (χ4v) is 2.58. The van der Waals surface area contributed by atoms with Crippen LogP contribution in [0.15, 0.2) is 56.1 Å². The molecule has 23 heavy (non-hydrogen) atoms. The van der Waals surface area contributed by atoms with Crippen LogP contribution in [-0.4, -0.2) is 10.5 Å². The van der Waals surface area contributed by atoms with E-state index in [2.05, 4.69) is 0 Å². The molecular formula is C17H12N2O4. The van der Waals surface area contributed by atoms with E-state index < -0.39 is 11.7 Å². The van der Waals surface area contributed by atoms with Gasteiger partial charge in [0.2, 0.25) is 0 Å². The van der Waals surface area contributed by atoms with Gasteiger partial charge in [-0.15, -0.1) is 0 Å². The lowest BCUT2D eigenvalue weighted by molar-refractivity contribution is 0.0931. The summed E-state index contributed by atoms with van der Waals surface area (Å²) in [7, 11) is 0. The van der Waals surface area contributed by atoms with E-state index in [1.807, 2.05) is 25.1 Å². The van der Waals surface area contributed by atoms with Gasteiger partial charge in [0.25, 0.3) is 0 Å². The van der Waals surface area contributed by atoms with Crippen molar-refractivity contribution >= 4 is 33.7 Å². The summed E-state index contributed by atoms with van der Waals surface area (Å²) in [6, 6.07) is 11.9. The Morgan fingerprint density at radius 2 is 1.87 bits per heavy atom. The molecule has 6 heteroatoms. The molecule has 2 N–H and O–H groups in total. The van der Waals surface area contributed by atoms with Gasteiger partial charge in [0, 0.05) is 17.1 Å². The van der Waals surface area contributed by atoms with E-state index in [-0.39, 0.29) is 11.3 Å². The molecule has 0 aliphatic carbocycles. The first kappa shape index (κ1) is 13.4. The van der Waals surface area contributed by atoms with Crippen molar-refractivity contribution in [2.75, 3.05) is 5.73 Å². The van der Waals surface area contributed by atoms with Crippen LogP contribution < -0.4 is 11.5 Å². The molecular weight excluding hydrogens is 296 g/mol. The van der Waals surface area contributed by atoms with Gasteiger partial charge >= 0.3 is 11.7 Å². The molecule has 4 aromatic rings. The molecule has 0 radical (unpaired) electrons. The third kappa shape index (κ3) is 2.03. The molecule has 0 saturated heterocycles. The lowest BCUT2D eigenvalue weighted by Gasteiger charge is -1.98. The molecule has 2 aromatic carbocycles. The zero-order valence-electron chi connectivity index (χ0n) is 12.2. The van der Waals surface area contributed by atoms with Crippen LogP contribution in [0, 0.1) is 6.92 Å². The van der Waals surface area contributed by atoms with Crippen molar-refractivity contribution in [2.24, 2.45) is 0 Å². The number of nitrogens with two attached hydrogens (primary N) is 1. The Morgan fingerprint density at radius 3 is 2.70 bits per heavy atom. The van der Waals surface area contributed by atoms with Crippen LogP contribution in [0.2, 0.25) is 0 Å². The molecule has 6 nitrogen and oxygen atoms in total. The van der Waals surface area contributed by atoms with Gasteiger partial charge in [0.1, 0.15) is 5.58 Å². The van der Waals surface area contributed by atoms with Crippen molar-refractivity contribution in [3.05, 3.63) is 64.3 Å². The molecule has 0 atom stereocenters. The normalized spacial score (nSPS) is 11.3. The number of furan rings is 1. The van der Waals surface area contributed by atoms with Crippen molar-refractivity contribution < 1.29 is 13.6 Å². The number of hydrogen-bond acceptors (Lipinski definition) is 5. The predicted molar refractivity (Wildman–Crippen MR) is 85.6 cm³/mol. The molecule has 0 aliphatic rings. The average Bonchev–Trinajstić information content (AvgIpc) is 3.05. The highest BCUT2D eigenvalue weighted by Gasteiger charge is 2.21. The van der Waals surface area contributed by atoms with Crippen molar-refractivity contribution in [3.8, 4) is 0 Å². The number of rotatable bonds is 1. The summed E-state index contributed by atoms with van der Waals surface area (Å²) in [5, 5.41) is 0.795. The third-order valence-corrected chi connectivity index (χ3v) is 3.69. The number of carbonyl (C=O) groups excluding carboxylic acids is 1. The van der Waals surface area contributed by atoms with E-state index in [1.54, 1.807) is 18.2 Å². The Morgan fingerprint density at radius 1 is 1.04 bits per heavy atom. The van der Waals surface area contributed by atoms with E-state index in [0.29, 0.717) is 16.8 Å². The largest absolute Gasteiger partial charge is 0.451 e. The van der Waals surface area contributed by atoms with E-state index in [1.165, 1.54) is 6.07 Å². The number of fused-ring (bicyclic) bond motifs is 2. The van der Waals surface area contributed by atoms with Crippen molar-refractivity contribution in [1.29, 1.82) is 0 Å². The summed E-state index contributed by atoms with van der Waals surface area (Å²) >= 11 is 0. The summed E-state index contributed by atoms with van der Waals surface area (Å²) in [4.78, 5) is 24.7. The van der Waals surface area contributed by atoms with Crippen LogP contribution in [0.3, 0.4) is 0 Å². The zero-order valence-corrected chi connectivity index (χ0v) is 12.2. The molecule has 0 fully saturated rings. The summed E-state index contributed by atoms with van der Waals surface area (Å²) < 4.78 is 11.6. The van der Waals surface area contributed by atoms with Crippen molar-refractivity contribution in [3.63, 3.8) is 0 Å². The second kappa shape index (κ2) is 4.61. The molecule has 0 amide bonds. The molecule has 0 bridgehead atoms. The van der Waals surface area contributed by atoms with E-state index in [4.69, 9.17) is 14.6 Å². The number of aromatic nitrogens is 1. The van der Waals surface area contributed by atoms with Crippen molar-refractivity contribution in [2.45, 2.75) is 6.92 Å². The smallest absolute Gasteiger partial charge is 0.427 e. The molecule has 0 aliphatic heterocycles. The first-order valence-corrected chi connectivity index (χ1v) is 6.99. The maximum absolute atomic E-state index is 12.7. The number of carbonyl (C=O) groups is 1. The predicted octanol–water partition coefficient (Wildman–Crippen LogP) is 2.92. The Hall–Kier alpha value is -3.28. The van der Waals surface area contributed by atoms with E-state index >= 15 is 0 Å². The summed E-state index contributed by atoms with van der Waals surface area (Å²) in [6.07, 6.45) is 0. The Kier molecular flexibility index (Phi) is 2.68. The van der Waals surface area contributed by atoms with Crippen molar-refractivity contribution in [1.82, 2.24) is 4.57 Å². The number of nitrogens with zero attached hydrogens (tertiary/aromatic N) is 1. The number of hydrogen-bond donors (Lipinski definition) is 1. The second-order valence-electron chi connectivity index (χ2n) is 5.39. The zero-order chi connectivity index (χ0) is 16.1. The van der Waals surface area contributed by atoms with Gasteiger partial charge in [-0.3, -0.25) is 4.79 Å². The number of aryl methyl sites for hydroxylation is 1. The van der Waals surface area contributed by atoms with Crippen LogP contribution >= 0.6 is 0 Å². The summed E-state index contributed by atoms with van der Waals surface area (Å²) in [5.74, 6) is -1.27. The van der Waals surface area contributed by atoms with Crippen LogP contribution in [0.5, 0.6) is 0 Å². The lowest BCUT2D eigenvalue weighted by atomic mass is 10.2. The highest BCUT2D eigenvalue weighted by molar-refractivity contribution is 6.01. The van der Waals surface area contributed by atoms with Crippen LogP contribution in [0.4, 0.5) is 5.69 Å². The maximum Gasteiger partial charge on any atom is 0.427 e. The van der Waals surface area contributed by atoms with E-state index in [9.17, 15) is 9.59 Å². The minimum absolute atomic E-state index is 0.0761. The number of oxazole rings is 1. The molecule has 114 valence electrons. The van der Waals surface area contributed by atoms with Crippen LogP contribution in [0.25, 0.3) is 22.1 Å². The van der Waals surface area contributed by atoms with Gasteiger partial charge in [-0.25, -0.2) is 9.36 Å². The second-order valence-corrected chi connectivity index (χ2v) is 5.39. The monoisotopic (exact) mass is 308 g/mol. The summed E-state index contributed by atoms with van der Waals surface area (Å²) in [6.45, 7) is 1.93. The number of anilines is 1. The Balaban J connectivity index is 1.90. The highest BCUT2D eigenvalue weighted by Crippen LogP contribution is 2.23. The van der Waals surface area contributed by atoms with Gasteiger partial charge in [-0.1, -0.05) is 12.1 Å². The van der Waals surface area contributed by atoms with Gasteiger partial charge < -0.3 is 14.6 Å². The Labute approximate surface area is 129 Å². The van der Waals surface area contributed by atoms with E-state index in [0.717, 1.165) is 15.5 Å². The van der Waals surface area contributed by atoms with Crippen LogP contribution in [-0.2, 0) is 0 Å². The standard InChI is InChI=1S/C17H12N2O4/c1-9-2-3-10-7-15(22-13(10)6-9)16(20)19-12-5-4-11(18)8-14(12)23-17(19)21/h2-8H,18H2,1H3. The minimum Gasteiger partial charge on any atom is -0.451 e. The molecule has 2 heterocycles. The SMILES string of the molecule is Cc1ccc2cc(C(=O)n3c(=O)oc4cc(N)ccc43)oc2c1. The Bertz CT molecular complexity index is 1130. The molecule has 0 unspecified atom stereocenters. The van der Waals surface area contributed by atoms with Gasteiger partial charge in [0.05, 0.1) is 5.52 Å². The molecule has 0 spiro atoms. The molecule has 0 saturated carbocycles. The summed E-state index contributed by atoms with van der Waals surface area (Å²) in [5.41, 5.74) is 8.34. The third-order valence-electron chi connectivity index (χ3n) is 3.69. The van der Waals surface area contributed by atoms with Gasteiger partial charge in [0.15, 0.2) is 11.3 Å². The van der Waals surface area contributed by atoms with Gasteiger partial charge in [-0.2, -0.15) is 0 Å². The lowest BCUT2D eigenvalue weighted by Crippen LogP contribution is -2.22. The number of nitrogen functional groups attached to an aromatic ring is 1. The van der Waals surface area contributed by atoms with Gasteiger partial charge in [-0.05, 0) is 36.8 Å². The molecule has 2 aromatic heterocycles. The maximum atomic E-state index is 12.7. The quantitative estimate of drug-likeness (QED) is 0.546.